The highest BCUT2D eigenvalue weighted by atomic mass is 19.1. The van der Waals surface area contributed by atoms with Crippen LogP contribution in [0.4, 0.5) is 4.39 Å². The van der Waals surface area contributed by atoms with Crippen molar-refractivity contribution in [1.82, 2.24) is 9.88 Å². The molecule has 4 atom stereocenters. The molecule has 36 heavy (non-hydrogen) atoms. The average Bonchev–Trinajstić information content (AvgIpc) is 3.55. The third-order valence-electron chi connectivity index (χ3n) is 7.77. The summed E-state index contributed by atoms with van der Waals surface area (Å²) < 4.78 is 23.9. The summed E-state index contributed by atoms with van der Waals surface area (Å²) in [7, 11) is 1.45. The van der Waals surface area contributed by atoms with Crippen molar-refractivity contribution in [2.45, 2.75) is 71.3 Å². The zero-order valence-corrected chi connectivity index (χ0v) is 21.7. The summed E-state index contributed by atoms with van der Waals surface area (Å²) in [5.74, 6) is 0.492. The van der Waals surface area contributed by atoms with Gasteiger partial charge in [-0.3, -0.25) is 9.59 Å². The van der Waals surface area contributed by atoms with Crippen molar-refractivity contribution in [3.8, 4) is 11.3 Å². The highest BCUT2D eigenvalue weighted by Crippen LogP contribution is 2.41. The molecule has 194 valence electrons. The predicted octanol–water partition coefficient (Wildman–Crippen LogP) is 6.67. The van der Waals surface area contributed by atoms with Crippen molar-refractivity contribution >= 4 is 22.8 Å². The van der Waals surface area contributed by atoms with E-state index in [4.69, 9.17) is 9.15 Å². The van der Waals surface area contributed by atoms with Crippen LogP contribution in [0.25, 0.3) is 22.2 Å². The molecule has 3 aromatic rings. The third kappa shape index (κ3) is 4.93. The van der Waals surface area contributed by atoms with Gasteiger partial charge in [0.15, 0.2) is 0 Å². The molecule has 1 saturated heterocycles. The molecule has 6 nitrogen and oxygen atoms in total. The molecule has 1 N–H and O–H groups in total. The number of carbonyl (C=O) groups excluding carboxylic acids is 2. The number of benzene rings is 1. The lowest BCUT2D eigenvalue weighted by Gasteiger charge is -2.47. The maximum absolute atomic E-state index is 13.6. The molecule has 0 spiro atoms. The topological polar surface area (TPSA) is 75.5 Å². The molecule has 0 bridgehead atoms. The van der Waals surface area contributed by atoms with Crippen molar-refractivity contribution < 1.29 is 23.1 Å². The molecule has 1 aliphatic carbocycles. The molecule has 0 radical (unpaired) electrons. The number of nitrogens with zero attached hydrogens (tertiary/aromatic N) is 1. The van der Waals surface area contributed by atoms with E-state index in [0.717, 1.165) is 60.7 Å². The van der Waals surface area contributed by atoms with Gasteiger partial charge in [0, 0.05) is 47.7 Å². The minimum atomic E-state index is -0.621. The number of fused-ring (bicyclic) bond motifs is 2. The van der Waals surface area contributed by atoms with Gasteiger partial charge in [-0.15, -0.1) is 0 Å². The van der Waals surface area contributed by atoms with Crippen LogP contribution in [0, 0.1) is 17.8 Å². The number of ether oxygens (including phenoxy) is 1. The molecule has 1 aliphatic heterocycles. The first kappa shape index (κ1) is 26.0. The number of hydrogen-bond donors (Lipinski definition) is 1. The van der Waals surface area contributed by atoms with Gasteiger partial charge in [-0.2, -0.15) is 4.39 Å². The van der Waals surface area contributed by atoms with Gasteiger partial charge in [0.25, 0.3) is 6.01 Å². The third-order valence-corrected chi connectivity index (χ3v) is 7.77. The Bertz CT molecular complexity index is 1200. The van der Waals surface area contributed by atoms with Crippen LogP contribution in [0.15, 0.2) is 40.9 Å². The summed E-state index contributed by atoms with van der Waals surface area (Å²) in [6.45, 7) is 6.80. The van der Waals surface area contributed by atoms with E-state index in [1.54, 1.807) is 6.07 Å². The lowest BCUT2D eigenvalue weighted by atomic mass is 9.71. The first-order valence-electron chi connectivity index (χ1n) is 13.2. The number of aromatic amines is 1. The Balaban J connectivity index is 0.00000148. The molecular formula is C29H37FN2O4. The maximum Gasteiger partial charge on any atom is 0.309 e. The molecule has 2 aromatic heterocycles. The highest BCUT2D eigenvalue weighted by molar-refractivity contribution is 5.97. The maximum atomic E-state index is 13.6. The summed E-state index contributed by atoms with van der Waals surface area (Å²) in [6.07, 6.45) is 6.92. The Kier molecular flexibility index (Phi) is 8.17. The van der Waals surface area contributed by atoms with E-state index >= 15 is 0 Å². The highest BCUT2D eigenvalue weighted by Gasteiger charge is 2.44. The second-order valence-electron chi connectivity index (χ2n) is 9.70. The van der Waals surface area contributed by atoms with Crippen LogP contribution in [0.1, 0.15) is 70.8 Å². The van der Waals surface area contributed by atoms with Crippen LogP contribution in [-0.2, 0) is 14.3 Å². The number of esters is 1. The van der Waals surface area contributed by atoms with E-state index in [-0.39, 0.29) is 35.7 Å². The average molecular weight is 497 g/mol. The molecule has 5 rings (SSSR count). The molecule has 3 heterocycles. The zero-order valence-electron chi connectivity index (χ0n) is 21.7. The van der Waals surface area contributed by atoms with Crippen LogP contribution < -0.4 is 0 Å². The van der Waals surface area contributed by atoms with Crippen molar-refractivity contribution in [3.05, 3.63) is 48.1 Å². The monoisotopic (exact) mass is 496 g/mol. The van der Waals surface area contributed by atoms with E-state index < -0.39 is 6.01 Å². The Hall–Kier alpha value is -3.09. The first-order valence-corrected chi connectivity index (χ1v) is 13.2. The van der Waals surface area contributed by atoms with Crippen molar-refractivity contribution in [3.63, 3.8) is 0 Å². The van der Waals surface area contributed by atoms with Crippen molar-refractivity contribution in [1.29, 1.82) is 0 Å². The van der Waals surface area contributed by atoms with Gasteiger partial charge in [-0.05, 0) is 55.2 Å². The van der Waals surface area contributed by atoms with Gasteiger partial charge in [0.05, 0.1) is 13.0 Å². The molecule has 4 unspecified atom stereocenters. The molecule has 1 amide bonds. The standard InChI is InChI=1S/C27H31FN2O4.C2H6/c1-16(20-15-29-21-9-3-7-19(26(20)21)23-11-12-24(28)34-23)14-25(31)30-13-5-8-17-18(27(32)33-2)6-4-10-22(17)30;1-2/h3,7,9,11-12,15-18,22,29H,4-6,8,10,13-14H2,1-2H3;1-2H3. The van der Waals surface area contributed by atoms with Gasteiger partial charge in [0.1, 0.15) is 5.76 Å². The number of methoxy groups -OCH3 is 1. The van der Waals surface area contributed by atoms with Gasteiger partial charge < -0.3 is 19.0 Å². The molecule has 7 heteroatoms. The zero-order chi connectivity index (χ0) is 25.8. The van der Waals surface area contributed by atoms with E-state index in [9.17, 15) is 14.0 Å². The fourth-order valence-electron chi connectivity index (χ4n) is 6.19. The molecule has 1 aromatic carbocycles. The number of piperidine rings is 1. The Morgan fingerprint density at radius 2 is 1.97 bits per heavy atom. The fourth-order valence-corrected chi connectivity index (χ4v) is 6.19. The number of furan rings is 1. The van der Waals surface area contributed by atoms with E-state index in [1.165, 1.54) is 13.2 Å². The minimum Gasteiger partial charge on any atom is -0.469 e. The number of H-pyrrole nitrogens is 1. The number of amides is 1. The van der Waals surface area contributed by atoms with Crippen LogP contribution in [0.5, 0.6) is 0 Å². The summed E-state index contributed by atoms with van der Waals surface area (Å²) in [6, 6.07) is 8.22. The van der Waals surface area contributed by atoms with Crippen LogP contribution in [-0.4, -0.2) is 41.5 Å². The van der Waals surface area contributed by atoms with Crippen molar-refractivity contribution in [2.24, 2.45) is 11.8 Å². The van der Waals surface area contributed by atoms with Gasteiger partial charge in [0.2, 0.25) is 5.91 Å². The number of aromatic nitrogens is 1. The summed E-state index contributed by atoms with van der Waals surface area (Å²) >= 11 is 0. The lowest BCUT2D eigenvalue weighted by molar-refractivity contribution is -0.154. The quantitative estimate of drug-likeness (QED) is 0.401. The fraction of sp³-hybridized carbons (Fsp3) is 0.517. The first-order chi connectivity index (χ1) is 17.5. The Morgan fingerprint density at radius 3 is 2.69 bits per heavy atom. The van der Waals surface area contributed by atoms with E-state index in [1.807, 2.05) is 43.1 Å². The minimum absolute atomic E-state index is 0.0393. The summed E-state index contributed by atoms with van der Waals surface area (Å²) in [5, 5.41) is 0.956. The van der Waals surface area contributed by atoms with Gasteiger partial charge in [-0.25, -0.2) is 0 Å². The second-order valence-corrected chi connectivity index (χ2v) is 9.70. The van der Waals surface area contributed by atoms with Crippen molar-refractivity contribution in [2.75, 3.05) is 13.7 Å². The van der Waals surface area contributed by atoms with Crippen LogP contribution in [0.2, 0.25) is 0 Å². The van der Waals surface area contributed by atoms with Gasteiger partial charge in [-0.1, -0.05) is 39.3 Å². The predicted molar refractivity (Wildman–Crippen MR) is 138 cm³/mol. The summed E-state index contributed by atoms with van der Waals surface area (Å²) in [4.78, 5) is 31.2. The molecular weight excluding hydrogens is 459 g/mol. The number of likely N-dealkylation sites (tertiary alicyclic amines) is 1. The number of nitrogens with one attached hydrogen (secondary N) is 1. The largest absolute Gasteiger partial charge is 0.469 e. The smallest absolute Gasteiger partial charge is 0.309 e. The Labute approximate surface area is 212 Å². The van der Waals surface area contributed by atoms with E-state index in [2.05, 4.69) is 11.9 Å². The molecule has 2 aliphatic rings. The number of rotatable bonds is 5. The Morgan fingerprint density at radius 1 is 1.17 bits per heavy atom. The number of halogens is 1. The number of hydrogen-bond acceptors (Lipinski definition) is 4. The van der Waals surface area contributed by atoms with Crippen LogP contribution >= 0.6 is 0 Å². The van der Waals surface area contributed by atoms with E-state index in [0.29, 0.717) is 12.2 Å². The summed E-state index contributed by atoms with van der Waals surface area (Å²) in [5.41, 5.74) is 2.75. The van der Waals surface area contributed by atoms with Gasteiger partial charge >= 0.3 is 5.97 Å². The lowest BCUT2D eigenvalue weighted by Crippen LogP contribution is -2.53. The van der Waals surface area contributed by atoms with Crippen LogP contribution in [0.3, 0.4) is 0 Å². The normalized spacial score (nSPS) is 22.4. The molecule has 1 saturated carbocycles. The number of carbonyl (C=O) groups is 2. The SMILES string of the molecule is CC.COC(=O)C1CCCC2C1CCCN2C(=O)CC(C)c1c[nH]c2cccc(-c3ccc(F)o3)c12. The second kappa shape index (κ2) is 11.3. The molecule has 2 fully saturated rings.